The zero-order valence-electron chi connectivity index (χ0n) is 16.4. The average molecular weight is 500 g/mol. The fourth-order valence-corrected chi connectivity index (χ4v) is 2.94. The topological polar surface area (TPSA) is 75.2 Å². The summed E-state index contributed by atoms with van der Waals surface area (Å²) in [6, 6.07) is 7.21. The van der Waals surface area contributed by atoms with E-state index >= 15 is 0 Å². The highest BCUT2D eigenvalue weighted by atomic mass is 127. The lowest BCUT2D eigenvalue weighted by Crippen LogP contribution is -2.43. The molecule has 0 aliphatic carbocycles. The summed E-state index contributed by atoms with van der Waals surface area (Å²) < 4.78 is 10.6. The molecule has 1 amide bonds. The Morgan fingerprint density at radius 1 is 1.43 bits per heavy atom. The second kappa shape index (κ2) is 13.4. The van der Waals surface area contributed by atoms with Crippen LogP contribution in [0.1, 0.15) is 12.0 Å². The lowest BCUT2D eigenvalue weighted by Gasteiger charge is -2.21. The van der Waals surface area contributed by atoms with Crippen LogP contribution in [0, 0.1) is 18.3 Å². The molecular weight excluding hydrogens is 471 g/mol. The molecule has 1 unspecified atom stereocenters. The van der Waals surface area contributed by atoms with Crippen LogP contribution in [0.15, 0.2) is 29.3 Å². The van der Waals surface area contributed by atoms with Crippen molar-refractivity contribution in [1.29, 1.82) is 0 Å². The summed E-state index contributed by atoms with van der Waals surface area (Å²) in [6.07, 6.45) is 6.42. The maximum absolute atomic E-state index is 12.2. The summed E-state index contributed by atoms with van der Waals surface area (Å²) in [6.45, 7) is 3.82. The van der Waals surface area contributed by atoms with E-state index in [1.807, 2.05) is 18.2 Å². The molecule has 0 spiro atoms. The van der Waals surface area contributed by atoms with Gasteiger partial charge in [0.15, 0.2) is 5.96 Å². The van der Waals surface area contributed by atoms with Crippen molar-refractivity contribution < 1.29 is 14.3 Å². The highest BCUT2D eigenvalue weighted by Gasteiger charge is 2.25. The normalized spacial score (nSPS) is 16.2. The zero-order valence-corrected chi connectivity index (χ0v) is 18.8. The molecule has 7 nitrogen and oxygen atoms in total. The molecule has 1 aliphatic heterocycles. The molecule has 8 heteroatoms. The van der Waals surface area contributed by atoms with E-state index in [0.29, 0.717) is 31.4 Å². The van der Waals surface area contributed by atoms with E-state index in [2.05, 4.69) is 26.4 Å². The summed E-state index contributed by atoms with van der Waals surface area (Å²) in [5, 5.41) is 5.95. The van der Waals surface area contributed by atoms with E-state index in [0.717, 1.165) is 31.0 Å². The Balaban J connectivity index is 0.00000392. The average Bonchev–Trinajstić information content (AvgIpc) is 3.14. The monoisotopic (exact) mass is 500 g/mol. The van der Waals surface area contributed by atoms with Gasteiger partial charge in [-0.05, 0) is 24.6 Å². The molecule has 28 heavy (non-hydrogen) atoms. The van der Waals surface area contributed by atoms with Crippen molar-refractivity contribution >= 4 is 41.5 Å². The number of hydrogen-bond acceptors (Lipinski definition) is 4. The van der Waals surface area contributed by atoms with Crippen molar-refractivity contribution in [3.63, 3.8) is 0 Å². The Kier molecular flexibility index (Phi) is 11.6. The summed E-state index contributed by atoms with van der Waals surface area (Å²) in [5.41, 5.74) is 1.41. The fraction of sp³-hybridized carbons (Fsp3) is 0.500. The number of nitrogens with zero attached hydrogens (tertiary/aromatic N) is 2. The summed E-state index contributed by atoms with van der Waals surface area (Å²) in [7, 11) is 3.39. The van der Waals surface area contributed by atoms with Crippen LogP contribution < -0.4 is 10.6 Å². The van der Waals surface area contributed by atoms with Crippen LogP contribution in [0.2, 0.25) is 0 Å². The van der Waals surface area contributed by atoms with Crippen molar-refractivity contribution in [1.82, 2.24) is 10.2 Å². The molecule has 0 bridgehead atoms. The number of halogens is 1. The van der Waals surface area contributed by atoms with Crippen LogP contribution in [-0.4, -0.2) is 70.4 Å². The van der Waals surface area contributed by atoms with Crippen LogP contribution in [0.4, 0.5) is 5.69 Å². The van der Waals surface area contributed by atoms with Gasteiger partial charge in [-0.3, -0.25) is 9.79 Å². The smallest absolute Gasteiger partial charge is 0.243 e. The minimum atomic E-state index is -0.149. The third-order valence-corrected chi connectivity index (χ3v) is 4.30. The van der Waals surface area contributed by atoms with Crippen LogP contribution in [0.25, 0.3) is 0 Å². The Morgan fingerprint density at radius 2 is 2.25 bits per heavy atom. The largest absolute Gasteiger partial charge is 0.382 e. The number of rotatable bonds is 8. The number of carbonyl (C=O) groups is 1. The van der Waals surface area contributed by atoms with Gasteiger partial charge in [0.05, 0.1) is 26.4 Å². The number of amides is 1. The first kappa shape index (κ1) is 24.2. The predicted molar refractivity (Wildman–Crippen MR) is 122 cm³/mol. The SMILES string of the molecule is C#Cc1cccc(NC(=O)CNC(=NC)N2CCC(COCCOC)C2)c1.I. The highest BCUT2D eigenvalue weighted by molar-refractivity contribution is 14.0. The number of guanidine groups is 1. The molecule has 154 valence electrons. The minimum Gasteiger partial charge on any atom is -0.382 e. The van der Waals surface area contributed by atoms with Gasteiger partial charge in [0.2, 0.25) is 5.91 Å². The summed E-state index contributed by atoms with van der Waals surface area (Å²) >= 11 is 0. The number of anilines is 1. The van der Waals surface area contributed by atoms with Gasteiger partial charge < -0.3 is 25.0 Å². The highest BCUT2D eigenvalue weighted by Crippen LogP contribution is 2.16. The summed E-state index contributed by atoms with van der Waals surface area (Å²) in [4.78, 5) is 18.6. The van der Waals surface area contributed by atoms with Gasteiger partial charge in [-0.2, -0.15) is 0 Å². The predicted octanol–water partition coefficient (Wildman–Crippen LogP) is 1.78. The number of benzene rings is 1. The molecule has 1 saturated heterocycles. The molecule has 1 heterocycles. The molecule has 0 radical (unpaired) electrons. The number of aliphatic imine (C=N–C) groups is 1. The standard InChI is InChI=1S/C20H28N4O3.HI/c1-4-16-6-5-7-18(12-16)23-19(25)13-22-20(21-2)24-9-8-17(14-24)15-27-11-10-26-3;/h1,5-7,12,17H,8-11,13-15H2,2-3H3,(H,21,22)(H,23,25);1H. The third kappa shape index (κ3) is 8.04. The number of nitrogens with one attached hydrogen (secondary N) is 2. The molecule has 2 rings (SSSR count). The van der Waals surface area contributed by atoms with Crippen LogP contribution in [-0.2, 0) is 14.3 Å². The minimum absolute atomic E-state index is 0. The molecular formula is C20H29IN4O3. The number of carbonyl (C=O) groups excluding carboxylic acids is 1. The molecule has 0 saturated carbocycles. The van der Waals surface area contributed by atoms with Crippen LogP contribution in [0.5, 0.6) is 0 Å². The zero-order chi connectivity index (χ0) is 19.5. The quantitative estimate of drug-likeness (QED) is 0.187. The molecule has 2 N–H and O–H groups in total. The van der Waals surface area contributed by atoms with Gasteiger partial charge in [-0.15, -0.1) is 30.4 Å². The summed E-state index contributed by atoms with van der Waals surface area (Å²) in [5.74, 6) is 3.59. The Hall–Kier alpha value is -1.83. The van der Waals surface area contributed by atoms with Gasteiger partial charge >= 0.3 is 0 Å². The molecule has 1 aliphatic rings. The number of methoxy groups -OCH3 is 1. The second-order valence-electron chi connectivity index (χ2n) is 6.34. The maximum atomic E-state index is 12.2. The van der Waals surface area contributed by atoms with E-state index < -0.39 is 0 Å². The lowest BCUT2D eigenvalue weighted by molar-refractivity contribution is -0.115. The Morgan fingerprint density at radius 3 is 2.96 bits per heavy atom. The van der Waals surface area contributed by atoms with Crippen molar-refractivity contribution in [3.05, 3.63) is 29.8 Å². The van der Waals surface area contributed by atoms with E-state index in [1.165, 1.54) is 0 Å². The van der Waals surface area contributed by atoms with E-state index in [-0.39, 0.29) is 36.4 Å². The Bertz CT molecular complexity index is 690. The molecule has 1 aromatic carbocycles. The number of likely N-dealkylation sites (tertiary alicyclic amines) is 1. The van der Waals surface area contributed by atoms with Gasteiger partial charge in [0.25, 0.3) is 0 Å². The number of terminal acetylenes is 1. The first-order valence-corrected chi connectivity index (χ1v) is 9.05. The van der Waals surface area contributed by atoms with Crippen molar-refractivity contribution in [2.24, 2.45) is 10.9 Å². The molecule has 1 atom stereocenters. The molecule has 1 aromatic rings. The lowest BCUT2D eigenvalue weighted by atomic mass is 10.1. The van der Waals surface area contributed by atoms with Gasteiger partial charge in [0, 0.05) is 44.4 Å². The first-order valence-electron chi connectivity index (χ1n) is 9.05. The van der Waals surface area contributed by atoms with E-state index in [1.54, 1.807) is 20.2 Å². The van der Waals surface area contributed by atoms with Crippen molar-refractivity contribution in [2.45, 2.75) is 6.42 Å². The second-order valence-corrected chi connectivity index (χ2v) is 6.34. The maximum Gasteiger partial charge on any atom is 0.243 e. The van der Waals surface area contributed by atoms with Crippen LogP contribution in [0.3, 0.4) is 0 Å². The molecule has 0 aromatic heterocycles. The van der Waals surface area contributed by atoms with E-state index in [9.17, 15) is 4.79 Å². The van der Waals surface area contributed by atoms with Crippen LogP contribution >= 0.6 is 24.0 Å². The van der Waals surface area contributed by atoms with Gasteiger partial charge in [-0.25, -0.2) is 0 Å². The molecule has 1 fully saturated rings. The first-order chi connectivity index (χ1) is 13.2. The number of ether oxygens (including phenoxy) is 2. The van der Waals surface area contributed by atoms with E-state index in [4.69, 9.17) is 15.9 Å². The third-order valence-electron chi connectivity index (χ3n) is 4.30. The van der Waals surface area contributed by atoms with Crippen molar-refractivity contribution in [2.75, 3.05) is 58.9 Å². The van der Waals surface area contributed by atoms with Gasteiger partial charge in [0.1, 0.15) is 0 Å². The Labute approximate surface area is 184 Å². The number of hydrogen-bond donors (Lipinski definition) is 2. The van der Waals surface area contributed by atoms with Gasteiger partial charge in [-0.1, -0.05) is 12.0 Å². The fourth-order valence-electron chi connectivity index (χ4n) is 2.94. The van der Waals surface area contributed by atoms with Crippen molar-refractivity contribution in [3.8, 4) is 12.3 Å².